The van der Waals surface area contributed by atoms with Gasteiger partial charge in [-0.2, -0.15) is 0 Å². The van der Waals surface area contributed by atoms with Crippen LogP contribution in [0.2, 0.25) is 0 Å². The van der Waals surface area contributed by atoms with Crippen LogP contribution in [-0.4, -0.2) is 0 Å². The van der Waals surface area contributed by atoms with E-state index in [1.807, 2.05) is 22.7 Å². The second kappa shape index (κ2) is 9.53. The summed E-state index contributed by atoms with van der Waals surface area (Å²) in [4.78, 5) is 2.84. The van der Waals surface area contributed by atoms with Gasteiger partial charge in [-0.3, -0.25) is 0 Å². The Morgan fingerprint density at radius 1 is 0.278 bits per heavy atom. The molecule has 0 unspecified atom stereocenters. The third-order valence-corrected chi connectivity index (χ3v) is 15.7. The first-order valence-corrected chi connectivity index (χ1v) is 20.5. The van der Waals surface area contributed by atoms with Crippen molar-refractivity contribution >= 4 is 53.6 Å². The van der Waals surface area contributed by atoms with Crippen molar-refractivity contribution in [2.24, 2.45) is 0 Å². The first-order chi connectivity index (χ1) is 26.8. The number of hydrogen-bond acceptors (Lipinski definition) is 2. The molecular formula is C52H28S2. The number of fused-ring (bicyclic) bond motifs is 27. The molecule has 0 atom stereocenters. The maximum Gasteiger partial charge on any atom is 0.0740 e. The molecule has 2 heteroatoms. The molecule has 0 bridgehead atoms. The Hall–Kier alpha value is -6.06. The first-order valence-electron chi connectivity index (χ1n) is 18.9. The summed E-state index contributed by atoms with van der Waals surface area (Å²) in [5.74, 6) is 0. The normalized spacial score (nSPS) is 15.3. The maximum atomic E-state index is 2.52. The molecule has 0 amide bonds. The van der Waals surface area contributed by atoms with Gasteiger partial charge in [-0.25, -0.2) is 0 Å². The van der Waals surface area contributed by atoms with Gasteiger partial charge in [0.25, 0.3) is 0 Å². The quantitative estimate of drug-likeness (QED) is 0.147. The average molecular weight is 717 g/mol. The van der Waals surface area contributed by atoms with Crippen molar-refractivity contribution in [3.05, 3.63) is 214 Å². The van der Waals surface area contributed by atoms with Crippen LogP contribution in [-0.2, 0) is 10.8 Å². The van der Waals surface area contributed by atoms with Gasteiger partial charge in [0.1, 0.15) is 0 Å². The fraction of sp³-hybridized carbons (Fsp3) is 0.0385. The molecule has 8 aromatic carbocycles. The zero-order valence-electron chi connectivity index (χ0n) is 29.0. The number of hydrogen-bond donors (Lipinski definition) is 0. The van der Waals surface area contributed by atoms with E-state index < -0.39 is 0 Å². The van der Waals surface area contributed by atoms with Crippen LogP contribution in [0.5, 0.6) is 0 Å². The van der Waals surface area contributed by atoms with Gasteiger partial charge in [0.05, 0.1) is 10.8 Å². The van der Waals surface area contributed by atoms with E-state index in [2.05, 4.69) is 170 Å². The summed E-state index contributed by atoms with van der Waals surface area (Å²) in [6.07, 6.45) is 0. The van der Waals surface area contributed by atoms with Crippen LogP contribution in [0, 0.1) is 0 Å². The highest BCUT2D eigenvalue weighted by Gasteiger charge is 2.56. The van der Waals surface area contributed by atoms with Crippen molar-refractivity contribution in [1.82, 2.24) is 0 Å². The lowest BCUT2D eigenvalue weighted by Crippen LogP contribution is -2.26. The molecule has 248 valence electrons. The van der Waals surface area contributed by atoms with Crippen molar-refractivity contribution in [3.8, 4) is 43.1 Å². The van der Waals surface area contributed by atoms with Crippen LogP contribution in [0.1, 0.15) is 44.5 Å². The van der Waals surface area contributed by atoms with Gasteiger partial charge in [-0.1, -0.05) is 158 Å². The summed E-state index contributed by atoms with van der Waals surface area (Å²) in [6.45, 7) is 0. The predicted octanol–water partition coefficient (Wildman–Crippen LogP) is 14.0. The van der Waals surface area contributed by atoms with Gasteiger partial charge >= 0.3 is 0 Å². The van der Waals surface area contributed by atoms with E-state index in [4.69, 9.17) is 0 Å². The van der Waals surface area contributed by atoms with Crippen molar-refractivity contribution in [3.63, 3.8) is 0 Å². The summed E-state index contributed by atoms with van der Waals surface area (Å²) in [5, 5.41) is 5.47. The van der Waals surface area contributed by atoms with Crippen molar-refractivity contribution in [2.75, 3.05) is 0 Å². The molecule has 0 saturated heterocycles. The zero-order valence-corrected chi connectivity index (χ0v) is 30.6. The summed E-state index contributed by atoms with van der Waals surface area (Å²) in [6, 6.07) is 65.0. The van der Waals surface area contributed by atoms with E-state index in [-0.39, 0.29) is 10.8 Å². The topological polar surface area (TPSA) is 0 Å². The second-order valence-electron chi connectivity index (χ2n) is 15.4. The molecule has 0 saturated carbocycles. The molecule has 4 aliphatic carbocycles. The Bertz CT molecular complexity index is 3030. The van der Waals surface area contributed by atoms with Gasteiger partial charge < -0.3 is 0 Å². The van der Waals surface area contributed by atoms with E-state index in [9.17, 15) is 0 Å². The Morgan fingerprint density at radius 3 is 1.00 bits per heavy atom. The minimum Gasteiger partial charge on any atom is -0.135 e. The monoisotopic (exact) mass is 716 g/mol. The average Bonchev–Trinajstić information content (AvgIpc) is 4.05. The van der Waals surface area contributed by atoms with Gasteiger partial charge in [0, 0.05) is 30.3 Å². The minimum atomic E-state index is -0.377. The highest BCUT2D eigenvalue weighted by Crippen LogP contribution is 2.70. The lowest BCUT2D eigenvalue weighted by Gasteiger charge is -2.31. The lowest BCUT2D eigenvalue weighted by atomic mass is 9.69. The zero-order chi connectivity index (χ0) is 34.9. The van der Waals surface area contributed by atoms with Crippen LogP contribution >= 0.6 is 22.7 Å². The molecular weight excluding hydrogens is 689 g/mol. The number of benzene rings is 8. The van der Waals surface area contributed by atoms with E-state index in [0.717, 1.165) is 0 Å². The second-order valence-corrected chi connectivity index (χ2v) is 17.5. The minimum absolute atomic E-state index is 0.377. The number of thiophene rings is 2. The SMILES string of the molecule is c1ccc2c(c1)-c1ccccc1C21c2ccc3c4c(ccc3c2-c2sc3ccccc3c21)C1(c2ccccc2-c2ccccc21)c1c-4sc2ccccc12. The molecule has 14 rings (SSSR count). The maximum absolute atomic E-state index is 2.52. The summed E-state index contributed by atoms with van der Waals surface area (Å²) < 4.78 is 2.72. The van der Waals surface area contributed by atoms with Crippen LogP contribution in [0.15, 0.2) is 170 Å². The Labute approximate surface area is 320 Å². The molecule has 4 aliphatic rings. The van der Waals surface area contributed by atoms with E-state index in [1.165, 1.54) is 119 Å². The largest absolute Gasteiger partial charge is 0.135 e. The third kappa shape index (κ3) is 2.93. The molecule has 2 spiro atoms. The smallest absolute Gasteiger partial charge is 0.0740 e. The molecule has 0 fully saturated rings. The van der Waals surface area contributed by atoms with Crippen LogP contribution < -0.4 is 0 Å². The molecule has 0 radical (unpaired) electrons. The van der Waals surface area contributed by atoms with Gasteiger partial charge in [0.2, 0.25) is 0 Å². The lowest BCUT2D eigenvalue weighted by molar-refractivity contribution is 0.802. The molecule has 2 heterocycles. The standard InChI is InChI=1S/C52H28S2/c1-7-19-37-29(13-1)30-14-2-8-20-38(30)51(37)41-27-25-34-33(45(41)49-47(51)35-17-5-11-23-43(35)53-49)26-28-42-46(34)50-48(36-18-6-12-24-44(36)54-50)52(42)39-21-9-3-15-31(39)32-16-4-10-22-40(32)52/h1-28H. The highest BCUT2D eigenvalue weighted by molar-refractivity contribution is 7.23. The fourth-order valence-electron chi connectivity index (χ4n) is 11.6. The molecule has 0 aliphatic heterocycles. The molecule has 0 nitrogen and oxygen atoms in total. The molecule has 0 N–H and O–H groups in total. The summed E-state index contributed by atoms with van der Waals surface area (Å²) >= 11 is 3.96. The van der Waals surface area contributed by atoms with Gasteiger partial charge in [0.15, 0.2) is 0 Å². The third-order valence-electron chi connectivity index (χ3n) is 13.3. The predicted molar refractivity (Wildman–Crippen MR) is 227 cm³/mol. The van der Waals surface area contributed by atoms with Crippen molar-refractivity contribution in [1.29, 1.82) is 0 Å². The van der Waals surface area contributed by atoms with Crippen molar-refractivity contribution in [2.45, 2.75) is 10.8 Å². The number of rotatable bonds is 0. The Balaban J connectivity index is 1.17. The molecule has 10 aromatic rings. The van der Waals surface area contributed by atoms with E-state index in [1.54, 1.807) is 0 Å². The van der Waals surface area contributed by atoms with Crippen LogP contribution in [0.3, 0.4) is 0 Å². The Kier molecular flexibility index (Phi) is 5.02. The summed E-state index contributed by atoms with van der Waals surface area (Å²) in [5.41, 5.74) is 18.8. The van der Waals surface area contributed by atoms with Gasteiger partial charge in [-0.05, 0) is 100 Å². The molecule has 54 heavy (non-hydrogen) atoms. The van der Waals surface area contributed by atoms with E-state index in [0.29, 0.717) is 0 Å². The van der Waals surface area contributed by atoms with Crippen molar-refractivity contribution < 1.29 is 0 Å². The summed E-state index contributed by atoms with van der Waals surface area (Å²) in [7, 11) is 0. The highest BCUT2D eigenvalue weighted by atomic mass is 32.1. The Morgan fingerprint density at radius 2 is 0.611 bits per heavy atom. The molecule has 2 aromatic heterocycles. The van der Waals surface area contributed by atoms with Crippen LogP contribution in [0.25, 0.3) is 74.1 Å². The van der Waals surface area contributed by atoms with Gasteiger partial charge in [-0.15, -0.1) is 22.7 Å². The fourth-order valence-corrected chi connectivity index (χ4v) is 14.2. The van der Waals surface area contributed by atoms with E-state index >= 15 is 0 Å². The van der Waals surface area contributed by atoms with Crippen LogP contribution in [0.4, 0.5) is 0 Å². The first kappa shape index (κ1) is 28.4.